The molecule has 0 aliphatic carbocycles. The van der Waals surface area contributed by atoms with Crippen LogP contribution in [-0.4, -0.2) is 23.3 Å². The summed E-state index contributed by atoms with van der Waals surface area (Å²) >= 11 is 9.19. The van der Waals surface area contributed by atoms with Crippen molar-refractivity contribution in [3.05, 3.63) is 67.6 Å². The monoisotopic (exact) mass is 427 g/mol. The standard InChI is InChI=1S/C15H11BrClN3O5/c16-9-5-6-13(11(17)7-9)25-8-14(21)18-19-15(22)10-3-1-2-4-12(10)20(23)24/h1-7H,8H2,(H,18,21)(H,19,22). The fourth-order valence-corrected chi connectivity index (χ4v) is 2.52. The molecule has 0 spiro atoms. The molecule has 130 valence electrons. The van der Waals surface area contributed by atoms with Gasteiger partial charge in [-0.1, -0.05) is 39.7 Å². The molecule has 10 heteroatoms. The molecular formula is C15H11BrClN3O5. The van der Waals surface area contributed by atoms with E-state index in [1.165, 1.54) is 24.3 Å². The molecule has 8 nitrogen and oxygen atoms in total. The highest BCUT2D eigenvalue weighted by Crippen LogP contribution is 2.27. The van der Waals surface area contributed by atoms with Gasteiger partial charge >= 0.3 is 0 Å². The molecule has 0 saturated carbocycles. The van der Waals surface area contributed by atoms with Crippen molar-refractivity contribution >= 4 is 45.0 Å². The average molecular weight is 429 g/mol. The highest BCUT2D eigenvalue weighted by molar-refractivity contribution is 9.10. The van der Waals surface area contributed by atoms with E-state index >= 15 is 0 Å². The average Bonchev–Trinajstić information content (AvgIpc) is 2.58. The fraction of sp³-hybridized carbons (Fsp3) is 0.0667. The van der Waals surface area contributed by atoms with Gasteiger partial charge in [-0.15, -0.1) is 0 Å². The number of carbonyl (C=O) groups is 2. The third kappa shape index (κ3) is 5.16. The van der Waals surface area contributed by atoms with Gasteiger partial charge in [-0.2, -0.15) is 0 Å². The summed E-state index contributed by atoms with van der Waals surface area (Å²) in [5.41, 5.74) is 3.66. The van der Waals surface area contributed by atoms with Gasteiger partial charge in [-0.05, 0) is 24.3 Å². The molecule has 2 rings (SSSR count). The van der Waals surface area contributed by atoms with Crippen molar-refractivity contribution in [2.24, 2.45) is 0 Å². The van der Waals surface area contributed by atoms with Crippen LogP contribution in [0.15, 0.2) is 46.9 Å². The van der Waals surface area contributed by atoms with Gasteiger partial charge in [-0.3, -0.25) is 30.6 Å². The van der Waals surface area contributed by atoms with E-state index in [4.69, 9.17) is 16.3 Å². The quantitative estimate of drug-likeness (QED) is 0.562. The molecule has 2 aromatic carbocycles. The third-order valence-corrected chi connectivity index (χ3v) is 3.70. The Labute approximate surface area is 155 Å². The summed E-state index contributed by atoms with van der Waals surface area (Å²) in [6, 6.07) is 10.2. The summed E-state index contributed by atoms with van der Waals surface area (Å²) in [5, 5.41) is 11.2. The molecule has 25 heavy (non-hydrogen) atoms. The number of nitrogens with zero attached hydrogens (tertiary/aromatic N) is 1. The Bertz CT molecular complexity index is 831. The Hall–Kier alpha value is -2.65. The number of carbonyl (C=O) groups excluding carboxylic acids is 2. The van der Waals surface area contributed by atoms with Gasteiger partial charge in [0.1, 0.15) is 11.3 Å². The molecule has 0 bridgehead atoms. The van der Waals surface area contributed by atoms with Crippen molar-refractivity contribution < 1.29 is 19.2 Å². The molecule has 2 amide bonds. The number of ether oxygens (including phenoxy) is 1. The Morgan fingerprint density at radius 2 is 1.92 bits per heavy atom. The van der Waals surface area contributed by atoms with Crippen LogP contribution in [0, 0.1) is 10.1 Å². The van der Waals surface area contributed by atoms with E-state index in [9.17, 15) is 19.7 Å². The largest absolute Gasteiger partial charge is 0.482 e. The second-order valence-corrected chi connectivity index (χ2v) is 5.96. The van der Waals surface area contributed by atoms with Crippen LogP contribution in [0.3, 0.4) is 0 Å². The van der Waals surface area contributed by atoms with Gasteiger partial charge < -0.3 is 4.74 Å². The number of nitrogens with one attached hydrogen (secondary N) is 2. The SMILES string of the molecule is O=C(COc1ccc(Br)cc1Cl)NNC(=O)c1ccccc1[N+](=O)[O-]. The summed E-state index contributed by atoms with van der Waals surface area (Å²) in [5.74, 6) is -1.18. The summed E-state index contributed by atoms with van der Waals surface area (Å²) in [4.78, 5) is 33.9. The van der Waals surface area contributed by atoms with E-state index in [0.29, 0.717) is 10.8 Å². The molecule has 0 aliphatic heterocycles. The van der Waals surface area contributed by atoms with Crippen LogP contribution >= 0.6 is 27.5 Å². The van der Waals surface area contributed by atoms with Gasteiger partial charge in [0, 0.05) is 10.5 Å². The number of para-hydroxylation sites is 1. The predicted molar refractivity (Wildman–Crippen MR) is 93.4 cm³/mol. The van der Waals surface area contributed by atoms with Crippen molar-refractivity contribution in [2.75, 3.05) is 6.61 Å². The number of hydrazine groups is 1. The predicted octanol–water partition coefficient (Wildman–Crippen LogP) is 2.85. The molecule has 0 heterocycles. The Kier molecular flexibility index (Phi) is 6.31. The maximum atomic E-state index is 11.9. The van der Waals surface area contributed by atoms with Crippen molar-refractivity contribution in [2.45, 2.75) is 0 Å². The number of nitro benzene ring substituents is 1. The maximum absolute atomic E-state index is 11.9. The van der Waals surface area contributed by atoms with Crippen LogP contribution in [-0.2, 0) is 4.79 Å². The lowest BCUT2D eigenvalue weighted by Gasteiger charge is -2.10. The van der Waals surface area contributed by atoms with E-state index < -0.39 is 23.3 Å². The molecule has 0 atom stereocenters. The first-order valence-corrected chi connectivity index (χ1v) is 7.96. The number of hydrogen-bond donors (Lipinski definition) is 2. The van der Waals surface area contributed by atoms with Crippen molar-refractivity contribution in [3.8, 4) is 5.75 Å². The first kappa shape index (κ1) is 18.7. The summed E-state index contributed by atoms with van der Waals surface area (Å²) in [6.07, 6.45) is 0. The fourth-order valence-electron chi connectivity index (χ4n) is 1.79. The number of amides is 2. The minimum absolute atomic E-state index is 0.176. The highest BCUT2D eigenvalue weighted by Gasteiger charge is 2.19. The van der Waals surface area contributed by atoms with Gasteiger partial charge in [-0.25, -0.2) is 0 Å². The first-order valence-electron chi connectivity index (χ1n) is 6.79. The van der Waals surface area contributed by atoms with E-state index in [-0.39, 0.29) is 11.3 Å². The smallest absolute Gasteiger partial charge is 0.282 e. The molecular weight excluding hydrogens is 418 g/mol. The molecule has 0 aliphatic rings. The van der Waals surface area contributed by atoms with E-state index in [1.807, 2.05) is 0 Å². The zero-order chi connectivity index (χ0) is 18.4. The van der Waals surface area contributed by atoms with E-state index in [2.05, 4.69) is 26.8 Å². The summed E-state index contributed by atoms with van der Waals surface area (Å²) < 4.78 is 5.98. The topological polar surface area (TPSA) is 111 Å². The van der Waals surface area contributed by atoms with Gasteiger partial charge in [0.05, 0.1) is 9.95 Å². The van der Waals surface area contributed by atoms with Crippen LogP contribution < -0.4 is 15.6 Å². The Morgan fingerprint density at radius 3 is 2.60 bits per heavy atom. The van der Waals surface area contributed by atoms with Crippen LogP contribution in [0.2, 0.25) is 5.02 Å². The maximum Gasteiger partial charge on any atom is 0.282 e. The lowest BCUT2D eigenvalue weighted by molar-refractivity contribution is -0.385. The van der Waals surface area contributed by atoms with E-state index in [1.54, 1.807) is 18.2 Å². The molecule has 0 fully saturated rings. The molecule has 0 aromatic heterocycles. The molecule has 2 aromatic rings. The minimum atomic E-state index is -0.817. The van der Waals surface area contributed by atoms with Crippen molar-refractivity contribution in [1.82, 2.24) is 10.9 Å². The number of halogens is 2. The Balaban J connectivity index is 1.90. The molecule has 0 radical (unpaired) electrons. The molecule has 0 saturated heterocycles. The van der Waals surface area contributed by atoms with Crippen LogP contribution in [0.5, 0.6) is 5.75 Å². The summed E-state index contributed by atoms with van der Waals surface area (Å²) in [6.45, 7) is -0.404. The zero-order valence-electron chi connectivity index (χ0n) is 12.5. The second-order valence-electron chi connectivity index (χ2n) is 4.64. The third-order valence-electron chi connectivity index (χ3n) is 2.91. The molecule has 0 unspecified atom stereocenters. The normalized spacial score (nSPS) is 10.0. The van der Waals surface area contributed by atoms with Crippen LogP contribution in [0.4, 0.5) is 5.69 Å². The highest BCUT2D eigenvalue weighted by atomic mass is 79.9. The van der Waals surface area contributed by atoms with Crippen molar-refractivity contribution in [1.29, 1.82) is 0 Å². The lowest BCUT2D eigenvalue weighted by atomic mass is 10.2. The number of benzene rings is 2. The van der Waals surface area contributed by atoms with Gasteiger partial charge in [0.25, 0.3) is 17.5 Å². The minimum Gasteiger partial charge on any atom is -0.482 e. The lowest BCUT2D eigenvalue weighted by Crippen LogP contribution is -2.44. The van der Waals surface area contributed by atoms with E-state index in [0.717, 1.165) is 4.47 Å². The number of rotatable bonds is 5. The number of nitro groups is 1. The van der Waals surface area contributed by atoms with Gasteiger partial charge in [0.15, 0.2) is 6.61 Å². The molecule has 2 N–H and O–H groups in total. The number of hydrogen-bond acceptors (Lipinski definition) is 5. The van der Waals surface area contributed by atoms with Crippen molar-refractivity contribution in [3.63, 3.8) is 0 Å². The first-order chi connectivity index (χ1) is 11.9. The van der Waals surface area contributed by atoms with Crippen LogP contribution in [0.25, 0.3) is 0 Å². The zero-order valence-corrected chi connectivity index (χ0v) is 14.8. The van der Waals surface area contributed by atoms with Crippen LogP contribution in [0.1, 0.15) is 10.4 Å². The summed E-state index contributed by atoms with van der Waals surface area (Å²) in [7, 11) is 0. The Morgan fingerprint density at radius 1 is 1.20 bits per heavy atom. The van der Waals surface area contributed by atoms with Gasteiger partial charge in [0.2, 0.25) is 0 Å². The second kappa shape index (κ2) is 8.45.